The van der Waals surface area contributed by atoms with Crippen LogP contribution in [0.15, 0.2) is 18.2 Å². The molecule has 3 heteroatoms. The molecule has 21 heavy (non-hydrogen) atoms. The highest BCUT2D eigenvalue weighted by Gasteiger charge is 2.20. The van der Waals surface area contributed by atoms with E-state index in [0.717, 1.165) is 18.5 Å². The smallest absolute Gasteiger partial charge is 0.127 e. The van der Waals surface area contributed by atoms with Crippen LogP contribution in [-0.2, 0) is 6.54 Å². The minimum Gasteiger partial charge on any atom is -0.493 e. The minimum atomic E-state index is -0.207. The van der Waals surface area contributed by atoms with Crippen LogP contribution in [0.4, 0.5) is 4.39 Å². The van der Waals surface area contributed by atoms with Gasteiger partial charge in [0.2, 0.25) is 0 Å². The second kappa shape index (κ2) is 8.38. The third-order valence-corrected chi connectivity index (χ3v) is 4.13. The average molecular weight is 293 g/mol. The highest BCUT2D eigenvalue weighted by atomic mass is 19.1. The van der Waals surface area contributed by atoms with Crippen LogP contribution in [0.2, 0.25) is 0 Å². The number of hydrogen-bond acceptors (Lipinski definition) is 2. The Hall–Kier alpha value is -1.09. The zero-order valence-corrected chi connectivity index (χ0v) is 13.3. The van der Waals surface area contributed by atoms with Gasteiger partial charge in [0.25, 0.3) is 0 Å². The summed E-state index contributed by atoms with van der Waals surface area (Å²) in [6.45, 7) is 5.82. The van der Waals surface area contributed by atoms with Crippen LogP contribution in [0.25, 0.3) is 0 Å². The average Bonchev–Trinajstić information content (AvgIpc) is 3.29. The van der Waals surface area contributed by atoms with Gasteiger partial charge in [0.15, 0.2) is 0 Å². The van der Waals surface area contributed by atoms with Crippen LogP contribution < -0.4 is 10.1 Å². The number of unbranched alkanes of at least 4 members (excludes halogenated alkanes) is 1. The van der Waals surface area contributed by atoms with E-state index in [0.29, 0.717) is 24.3 Å². The Bertz CT molecular complexity index is 431. The number of nitrogens with one attached hydrogen (secondary N) is 1. The second-order valence-corrected chi connectivity index (χ2v) is 6.18. The first-order valence-electron chi connectivity index (χ1n) is 8.37. The van der Waals surface area contributed by atoms with E-state index in [9.17, 15) is 4.39 Å². The first-order valence-corrected chi connectivity index (χ1v) is 8.37. The molecule has 1 N–H and O–H groups in total. The Balaban J connectivity index is 1.85. The number of benzene rings is 1. The Morgan fingerprint density at radius 3 is 2.76 bits per heavy atom. The topological polar surface area (TPSA) is 21.3 Å². The lowest BCUT2D eigenvalue weighted by molar-refractivity contribution is 0.232. The molecule has 118 valence electrons. The number of hydrogen-bond donors (Lipinski definition) is 1. The summed E-state index contributed by atoms with van der Waals surface area (Å²) in [6.07, 6.45) is 7.25. The Kier molecular flexibility index (Phi) is 6.50. The lowest BCUT2D eigenvalue weighted by atomic mass is 10.0. The summed E-state index contributed by atoms with van der Waals surface area (Å²) in [5.41, 5.74) is 0.971. The summed E-state index contributed by atoms with van der Waals surface area (Å²) in [5.74, 6) is 1.03. The highest BCUT2D eigenvalue weighted by Crippen LogP contribution is 2.22. The largest absolute Gasteiger partial charge is 0.493 e. The van der Waals surface area contributed by atoms with Gasteiger partial charge in [-0.3, -0.25) is 0 Å². The van der Waals surface area contributed by atoms with E-state index in [-0.39, 0.29) is 5.82 Å². The van der Waals surface area contributed by atoms with Crippen molar-refractivity contribution >= 4 is 0 Å². The van der Waals surface area contributed by atoms with Gasteiger partial charge in [0, 0.05) is 18.7 Å². The summed E-state index contributed by atoms with van der Waals surface area (Å²) in [6, 6.07) is 5.69. The molecule has 0 heterocycles. The molecule has 1 saturated carbocycles. The molecular formula is C18H28FNO. The second-order valence-electron chi connectivity index (χ2n) is 6.18. The fourth-order valence-corrected chi connectivity index (χ4v) is 2.47. The SMILES string of the molecule is CCCCC(CC)COc1cc(F)cc(CNC2CC2)c1. The monoisotopic (exact) mass is 293 g/mol. The molecule has 1 aliphatic rings. The predicted octanol–water partition coefficient (Wildman–Crippen LogP) is 4.67. The third-order valence-electron chi connectivity index (χ3n) is 4.13. The molecule has 0 saturated heterocycles. The van der Waals surface area contributed by atoms with Gasteiger partial charge in [-0.1, -0.05) is 33.1 Å². The molecule has 1 atom stereocenters. The predicted molar refractivity (Wildman–Crippen MR) is 85.1 cm³/mol. The molecule has 1 unspecified atom stereocenters. The summed E-state index contributed by atoms with van der Waals surface area (Å²) in [7, 11) is 0. The van der Waals surface area contributed by atoms with Gasteiger partial charge in [-0.05, 0) is 42.9 Å². The molecule has 1 fully saturated rings. The van der Waals surface area contributed by atoms with E-state index >= 15 is 0 Å². The first-order chi connectivity index (χ1) is 10.2. The first kappa shape index (κ1) is 16.3. The van der Waals surface area contributed by atoms with E-state index in [2.05, 4.69) is 19.2 Å². The van der Waals surface area contributed by atoms with Gasteiger partial charge in [0.1, 0.15) is 11.6 Å². The molecule has 0 aliphatic heterocycles. The lowest BCUT2D eigenvalue weighted by Crippen LogP contribution is -2.16. The van der Waals surface area contributed by atoms with Crippen LogP contribution in [0.5, 0.6) is 5.75 Å². The normalized spacial score (nSPS) is 16.0. The van der Waals surface area contributed by atoms with E-state index in [1.807, 2.05) is 6.07 Å². The highest BCUT2D eigenvalue weighted by molar-refractivity contribution is 5.29. The van der Waals surface area contributed by atoms with Crippen LogP contribution in [0.3, 0.4) is 0 Å². The van der Waals surface area contributed by atoms with Gasteiger partial charge in [0.05, 0.1) is 6.61 Å². The zero-order valence-electron chi connectivity index (χ0n) is 13.3. The van der Waals surface area contributed by atoms with Crippen molar-refractivity contribution < 1.29 is 9.13 Å². The maximum atomic E-state index is 13.7. The van der Waals surface area contributed by atoms with Crippen molar-refractivity contribution in [2.24, 2.45) is 5.92 Å². The quantitative estimate of drug-likeness (QED) is 0.676. The van der Waals surface area contributed by atoms with E-state index in [4.69, 9.17) is 4.74 Å². The molecule has 1 aromatic carbocycles. The Morgan fingerprint density at radius 2 is 2.10 bits per heavy atom. The molecule has 2 rings (SSSR count). The van der Waals surface area contributed by atoms with Gasteiger partial charge >= 0.3 is 0 Å². The van der Waals surface area contributed by atoms with Crippen molar-refractivity contribution in [2.45, 2.75) is 65.0 Å². The molecule has 0 bridgehead atoms. The van der Waals surface area contributed by atoms with Crippen LogP contribution >= 0.6 is 0 Å². The Labute approximate surface area is 128 Å². The lowest BCUT2D eigenvalue weighted by Gasteiger charge is -2.16. The molecule has 1 aliphatic carbocycles. The number of rotatable bonds is 10. The summed E-state index contributed by atoms with van der Waals surface area (Å²) in [5, 5.41) is 3.41. The fourth-order valence-electron chi connectivity index (χ4n) is 2.47. The molecule has 1 aromatic rings. The molecule has 0 spiro atoms. The van der Waals surface area contributed by atoms with Crippen molar-refractivity contribution in [3.8, 4) is 5.75 Å². The maximum absolute atomic E-state index is 13.7. The third kappa shape index (κ3) is 6.04. The van der Waals surface area contributed by atoms with Crippen LogP contribution in [0.1, 0.15) is 57.9 Å². The van der Waals surface area contributed by atoms with E-state index in [1.165, 1.54) is 38.2 Å². The molecule has 0 aromatic heterocycles. The van der Waals surface area contributed by atoms with Crippen LogP contribution in [0, 0.1) is 11.7 Å². The summed E-state index contributed by atoms with van der Waals surface area (Å²) >= 11 is 0. The van der Waals surface area contributed by atoms with Gasteiger partial charge < -0.3 is 10.1 Å². The number of halogens is 1. The van der Waals surface area contributed by atoms with Gasteiger partial charge in [-0.25, -0.2) is 4.39 Å². The Morgan fingerprint density at radius 1 is 1.29 bits per heavy atom. The molecular weight excluding hydrogens is 265 g/mol. The molecule has 2 nitrogen and oxygen atoms in total. The van der Waals surface area contributed by atoms with Crippen molar-refractivity contribution in [2.75, 3.05) is 6.61 Å². The van der Waals surface area contributed by atoms with E-state index in [1.54, 1.807) is 6.07 Å². The summed E-state index contributed by atoms with van der Waals surface area (Å²) < 4.78 is 19.5. The minimum absolute atomic E-state index is 0.207. The number of ether oxygens (including phenoxy) is 1. The van der Waals surface area contributed by atoms with Crippen LogP contribution in [-0.4, -0.2) is 12.6 Å². The zero-order chi connectivity index (χ0) is 15.1. The van der Waals surface area contributed by atoms with Crippen molar-refractivity contribution in [1.82, 2.24) is 5.32 Å². The molecule has 0 amide bonds. The fraction of sp³-hybridized carbons (Fsp3) is 0.667. The summed E-state index contributed by atoms with van der Waals surface area (Å²) in [4.78, 5) is 0. The van der Waals surface area contributed by atoms with Gasteiger partial charge in [-0.2, -0.15) is 0 Å². The van der Waals surface area contributed by atoms with Crippen molar-refractivity contribution in [1.29, 1.82) is 0 Å². The maximum Gasteiger partial charge on any atom is 0.127 e. The molecule has 0 radical (unpaired) electrons. The van der Waals surface area contributed by atoms with E-state index < -0.39 is 0 Å². The standard InChI is InChI=1S/C18H28FNO/c1-3-5-6-14(4-2)13-21-18-10-15(9-16(19)11-18)12-20-17-7-8-17/h9-11,14,17,20H,3-8,12-13H2,1-2H3. The van der Waals surface area contributed by atoms with Crippen molar-refractivity contribution in [3.05, 3.63) is 29.6 Å². The van der Waals surface area contributed by atoms with Crippen molar-refractivity contribution in [3.63, 3.8) is 0 Å². The van der Waals surface area contributed by atoms with Gasteiger partial charge in [-0.15, -0.1) is 0 Å².